The van der Waals surface area contributed by atoms with Crippen molar-refractivity contribution in [3.05, 3.63) is 29.3 Å². The zero-order valence-electron chi connectivity index (χ0n) is 10.9. The highest BCUT2D eigenvalue weighted by atomic mass is 35.5. The van der Waals surface area contributed by atoms with E-state index in [1.165, 1.54) is 5.69 Å². The first-order valence-corrected chi connectivity index (χ1v) is 6.68. The minimum Gasteiger partial charge on any atom is -0.390 e. The Bertz CT molecular complexity index is 325. The highest BCUT2D eigenvalue weighted by Gasteiger charge is 2.27. The molecule has 0 bridgehead atoms. The molecular weight excluding hydrogens is 234 g/mol. The summed E-state index contributed by atoms with van der Waals surface area (Å²) in [5.41, 5.74) is 0.707. The van der Waals surface area contributed by atoms with Crippen LogP contribution >= 0.6 is 11.6 Å². The van der Waals surface area contributed by atoms with Crippen LogP contribution in [0.1, 0.15) is 33.6 Å². The first-order valence-electron chi connectivity index (χ1n) is 6.30. The topological polar surface area (TPSA) is 23.5 Å². The van der Waals surface area contributed by atoms with Crippen LogP contribution in [-0.2, 0) is 0 Å². The number of aliphatic hydroxyl groups is 1. The number of hydrogen-bond donors (Lipinski definition) is 1. The molecule has 17 heavy (non-hydrogen) atoms. The summed E-state index contributed by atoms with van der Waals surface area (Å²) < 4.78 is 0. The quantitative estimate of drug-likeness (QED) is 0.827. The van der Waals surface area contributed by atoms with E-state index in [-0.39, 0.29) is 0 Å². The molecule has 96 valence electrons. The van der Waals surface area contributed by atoms with Crippen LogP contribution < -0.4 is 4.90 Å². The van der Waals surface area contributed by atoms with Crippen LogP contribution in [0.25, 0.3) is 0 Å². The Kier molecular flexibility index (Phi) is 5.29. The van der Waals surface area contributed by atoms with E-state index >= 15 is 0 Å². The van der Waals surface area contributed by atoms with Crippen LogP contribution in [0.3, 0.4) is 0 Å². The first kappa shape index (κ1) is 14.3. The molecule has 0 aromatic heterocycles. The van der Waals surface area contributed by atoms with Crippen molar-refractivity contribution in [2.45, 2.75) is 39.2 Å². The smallest absolute Gasteiger partial charge is 0.0653 e. The van der Waals surface area contributed by atoms with Crippen molar-refractivity contribution in [2.75, 3.05) is 18.0 Å². The second-order valence-electron chi connectivity index (χ2n) is 4.46. The van der Waals surface area contributed by atoms with Crippen molar-refractivity contribution >= 4 is 17.3 Å². The molecule has 0 saturated carbocycles. The van der Waals surface area contributed by atoms with Crippen molar-refractivity contribution in [1.82, 2.24) is 0 Å². The Morgan fingerprint density at radius 2 is 1.59 bits per heavy atom. The monoisotopic (exact) mass is 255 g/mol. The summed E-state index contributed by atoms with van der Waals surface area (Å²) in [6.45, 7) is 7.73. The molecule has 0 unspecified atom stereocenters. The molecule has 0 spiro atoms. The maximum Gasteiger partial charge on any atom is 0.0653 e. The molecule has 0 aliphatic carbocycles. The second kappa shape index (κ2) is 6.27. The molecule has 1 heterocycles. The van der Waals surface area contributed by atoms with E-state index < -0.39 is 5.60 Å². The maximum absolute atomic E-state index is 9.84. The van der Waals surface area contributed by atoms with E-state index in [1.807, 2.05) is 45.0 Å². The van der Waals surface area contributed by atoms with Gasteiger partial charge in [0.05, 0.1) is 5.60 Å². The van der Waals surface area contributed by atoms with Crippen LogP contribution in [0, 0.1) is 0 Å². The van der Waals surface area contributed by atoms with E-state index in [1.54, 1.807) is 0 Å². The molecular formula is C14H22ClNO. The van der Waals surface area contributed by atoms with Gasteiger partial charge in [0, 0.05) is 23.8 Å². The lowest BCUT2D eigenvalue weighted by atomic mass is 9.93. The van der Waals surface area contributed by atoms with Crippen LogP contribution in [0.4, 0.5) is 5.69 Å². The number of halogens is 1. The number of nitrogens with zero attached hydrogens (tertiary/aromatic N) is 1. The molecule has 1 fully saturated rings. The van der Waals surface area contributed by atoms with Gasteiger partial charge in [-0.05, 0) is 44.0 Å². The maximum atomic E-state index is 9.84. The van der Waals surface area contributed by atoms with Crippen LogP contribution in [0.2, 0.25) is 5.02 Å². The summed E-state index contributed by atoms with van der Waals surface area (Å²) in [4.78, 5) is 2.29. The molecule has 1 aliphatic rings. The summed E-state index contributed by atoms with van der Waals surface area (Å²) in [5, 5.41) is 10.6. The fourth-order valence-electron chi connectivity index (χ4n) is 1.90. The SMILES string of the molecule is CC.CC1(O)CCN(c2ccc(Cl)cc2)CC1. The number of benzene rings is 1. The third kappa shape index (κ3) is 4.21. The summed E-state index contributed by atoms with van der Waals surface area (Å²) in [6.07, 6.45) is 1.66. The van der Waals surface area contributed by atoms with Crippen molar-refractivity contribution in [3.63, 3.8) is 0 Å². The van der Waals surface area contributed by atoms with Gasteiger partial charge in [-0.15, -0.1) is 0 Å². The Labute approximate surface area is 109 Å². The lowest BCUT2D eigenvalue weighted by molar-refractivity contribution is 0.0351. The third-order valence-electron chi connectivity index (χ3n) is 3.03. The lowest BCUT2D eigenvalue weighted by Crippen LogP contribution is -2.42. The molecule has 1 aromatic rings. The Balaban J connectivity index is 0.000000686. The molecule has 1 N–H and O–H groups in total. The van der Waals surface area contributed by atoms with Crippen molar-refractivity contribution < 1.29 is 5.11 Å². The second-order valence-corrected chi connectivity index (χ2v) is 4.90. The van der Waals surface area contributed by atoms with E-state index in [4.69, 9.17) is 11.6 Å². The minimum absolute atomic E-state index is 0.483. The summed E-state index contributed by atoms with van der Waals surface area (Å²) in [6, 6.07) is 7.87. The number of hydrogen-bond acceptors (Lipinski definition) is 2. The van der Waals surface area contributed by atoms with E-state index in [9.17, 15) is 5.11 Å². The fourth-order valence-corrected chi connectivity index (χ4v) is 2.02. The van der Waals surface area contributed by atoms with Gasteiger partial charge in [0.1, 0.15) is 0 Å². The standard InChI is InChI=1S/C12H16ClNO.C2H6/c1-12(15)6-8-14(9-7-12)11-4-2-10(13)3-5-11;1-2/h2-5,15H,6-9H2,1H3;1-2H3. The van der Waals surface area contributed by atoms with Gasteiger partial charge in [0.25, 0.3) is 0 Å². The van der Waals surface area contributed by atoms with Gasteiger partial charge in [-0.1, -0.05) is 25.4 Å². The van der Waals surface area contributed by atoms with Gasteiger partial charge in [0.2, 0.25) is 0 Å². The average Bonchev–Trinajstić information content (AvgIpc) is 2.33. The molecule has 1 saturated heterocycles. The minimum atomic E-state index is -0.483. The van der Waals surface area contributed by atoms with E-state index in [2.05, 4.69) is 4.90 Å². The highest BCUT2D eigenvalue weighted by Crippen LogP contribution is 2.26. The molecule has 1 aliphatic heterocycles. The molecule has 2 rings (SSSR count). The van der Waals surface area contributed by atoms with Gasteiger partial charge in [0.15, 0.2) is 0 Å². The highest BCUT2D eigenvalue weighted by molar-refractivity contribution is 6.30. The first-order chi connectivity index (χ1) is 8.07. The van der Waals surface area contributed by atoms with Gasteiger partial charge in [-0.2, -0.15) is 0 Å². The van der Waals surface area contributed by atoms with Crippen molar-refractivity contribution in [3.8, 4) is 0 Å². The Hall–Kier alpha value is -0.730. The van der Waals surface area contributed by atoms with E-state index in [0.29, 0.717) is 0 Å². The summed E-state index contributed by atoms with van der Waals surface area (Å²) in [7, 11) is 0. The summed E-state index contributed by atoms with van der Waals surface area (Å²) in [5.74, 6) is 0. The predicted octanol–water partition coefficient (Wildman–Crippen LogP) is 3.72. The van der Waals surface area contributed by atoms with Crippen molar-refractivity contribution in [1.29, 1.82) is 0 Å². The largest absolute Gasteiger partial charge is 0.390 e. The Morgan fingerprint density at radius 3 is 2.06 bits per heavy atom. The van der Waals surface area contributed by atoms with E-state index in [0.717, 1.165) is 31.0 Å². The van der Waals surface area contributed by atoms with Crippen LogP contribution in [0.5, 0.6) is 0 Å². The number of anilines is 1. The number of piperidine rings is 1. The fraction of sp³-hybridized carbons (Fsp3) is 0.571. The van der Waals surface area contributed by atoms with Crippen LogP contribution in [-0.4, -0.2) is 23.8 Å². The lowest BCUT2D eigenvalue weighted by Gasteiger charge is -2.37. The Morgan fingerprint density at radius 1 is 1.12 bits per heavy atom. The van der Waals surface area contributed by atoms with Gasteiger partial charge < -0.3 is 10.0 Å². The molecule has 0 atom stereocenters. The molecule has 3 heteroatoms. The van der Waals surface area contributed by atoms with Crippen LogP contribution in [0.15, 0.2) is 24.3 Å². The molecule has 0 radical (unpaired) electrons. The zero-order chi connectivity index (χ0) is 12.9. The summed E-state index contributed by atoms with van der Waals surface area (Å²) >= 11 is 5.84. The van der Waals surface area contributed by atoms with Gasteiger partial charge in [-0.3, -0.25) is 0 Å². The normalized spacial score (nSPS) is 18.3. The van der Waals surface area contributed by atoms with Gasteiger partial charge in [-0.25, -0.2) is 0 Å². The molecule has 1 aromatic carbocycles. The predicted molar refractivity (Wildman–Crippen MR) is 74.9 cm³/mol. The van der Waals surface area contributed by atoms with Crippen molar-refractivity contribution in [2.24, 2.45) is 0 Å². The zero-order valence-corrected chi connectivity index (χ0v) is 11.7. The number of rotatable bonds is 1. The molecule has 0 amide bonds. The molecule has 2 nitrogen and oxygen atoms in total. The average molecular weight is 256 g/mol. The third-order valence-corrected chi connectivity index (χ3v) is 3.28. The van der Waals surface area contributed by atoms with Gasteiger partial charge >= 0.3 is 0 Å².